The molecule has 0 saturated heterocycles. The fourth-order valence-corrected chi connectivity index (χ4v) is 4.67. The maximum atomic E-state index is 13.5. The van der Waals surface area contributed by atoms with E-state index in [1.54, 1.807) is 30.3 Å². The lowest BCUT2D eigenvalue weighted by Gasteiger charge is -2.22. The van der Waals surface area contributed by atoms with Gasteiger partial charge in [-0.3, -0.25) is 4.79 Å². The van der Waals surface area contributed by atoms with E-state index in [1.807, 2.05) is 0 Å². The summed E-state index contributed by atoms with van der Waals surface area (Å²) in [4.78, 5) is 12.6. The first kappa shape index (κ1) is 26.0. The molecule has 3 aromatic rings. The van der Waals surface area contributed by atoms with Crippen LogP contribution in [0, 0.1) is 0 Å². The van der Waals surface area contributed by atoms with E-state index in [0.717, 1.165) is 22.5 Å². The Kier molecular flexibility index (Phi) is 8.03. The van der Waals surface area contributed by atoms with Crippen LogP contribution in [0.5, 0.6) is 11.5 Å². The highest BCUT2D eigenvalue weighted by molar-refractivity contribution is 7.89. The summed E-state index contributed by atoms with van der Waals surface area (Å²) in [7, 11) is -1.45. The van der Waals surface area contributed by atoms with Gasteiger partial charge in [-0.1, -0.05) is 36.4 Å². The fraction of sp³-hybridized carbons (Fsp3) is 0.208. The number of halogens is 3. The maximum Gasteiger partial charge on any atom is 0.416 e. The average Bonchev–Trinajstić information content (AvgIpc) is 2.83. The summed E-state index contributed by atoms with van der Waals surface area (Å²) < 4.78 is 77.2. The third kappa shape index (κ3) is 6.52. The van der Waals surface area contributed by atoms with E-state index in [2.05, 4.69) is 5.32 Å². The number of alkyl halides is 3. The van der Waals surface area contributed by atoms with Crippen LogP contribution in [-0.4, -0.2) is 39.4 Å². The number of benzene rings is 3. The zero-order valence-corrected chi connectivity index (χ0v) is 19.7. The van der Waals surface area contributed by atoms with Gasteiger partial charge >= 0.3 is 6.18 Å². The number of anilines is 1. The van der Waals surface area contributed by atoms with Crippen LogP contribution in [-0.2, 0) is 27.5 Å². The number of rotatable bonds is 9. The minimum atomic E-state index is -4.59. The minimum absolute atomic E-state index is 0.104. The van der Waals surface area contributed by atoms with Crippen molar-refractivity contribution in [2.75, 3.05) is 26.1 Å². The highest BCUT2D eigenvalue weighted by Gasteiger charge is 2.31. The molecule has 1 amide bonds. The Morgan fingerprint density at radius 3 is 2.23 bits per heavy atom. The first-order valence-corrected chi connectivity index (χ1v) is 11.7. The van der Waals surface area contributed by atoms with E-state index in [9.17, 15) is 26.4 Å². The number of nitrogens with zero attached hydrogens (tertiary/aromatic N) is 1. The fourth-order valence-electron chi connectivity index (χ4n) is 3.27. The standard InChI is InChI=1S/C24H23F3N2O5S/c1-33-21-12-11-20(14-22(21)34-2)35(31,32)29(15-17-7-4-3-5-8-17)16-23(30)28-19-10-6-9-18(13-19)24(25,26)27/h3-14H,15-16H2,1-2H3,(H,28,30). The van der Waals surface area contributed by atoms with Crippen molar-refractivity contribution in [3.05, 3.63) is 83.9 Å². The van der Waals surface area contributed by atoms with Gasteiger partial charge in [-0.05, 0) is 35.9 Å². The Morgan fingerprint density at radius 2 is 1.60 bits per heavy atom. The lowest BCUT2D eigenvalue weighted by atomic mass is 10.2. The van der Waals surface area contributed by atoms with Gasteiger partial charge in [0, 0.05) is 18.3 Å². The second-order valence-electron chi connectivity index (χ2n) is 7.40. The Bertz CT molecular complexity index is 1280. The first-order valence-electron chi connectivity index (χ1n) is 10.3. The number of carbonyl (C=O) groups excluding carboxylic acids is 1. The summed E-state index contributed by atoms with van der Waals surface area (Å²) in [5, 5.41) is 2.35. The molecule has 186 valence electrons. The molecule has 7 nitrogen and oxygen atoms in total. The largest absolute Gasteiger partial charge is 0.493 e. The van der Waals surface area contributed by atoms with Gasteiger partial charge in [0.25, 0.3) is 0 Å². The molecule has 35 heavy (non-hydrogen) atoms. The molecule has 0 aliphatic rings. The number of carbonyl (C=O) groups is 1. The highest BCUT2D eigenvalue weighted by Crippen LogP contribution is 2.32. The number of methoxy groups -OCH3 is 2. The van der Waals surface area contributed by atoms with Crippen LogP contribution in [0.25, 0.3) is 0 Å². The third-order valence-electron chi connectivity index (χ3n) is 4.99. The number of hydrogen-bond donors (Lipinski definition) is 1. The van der Waals surface area contributed by atoms with Gasteiger partial charge in [-0.2, -0.15) is 17.5 Å². The Morgan fingerprint density at radius 1 is 0.914 bits per heavy atom. The molecular formula is C24H23F3N2O5S. The minimum Gasteiger partial charge on any atom is -0.493 e. The summed E-state index contributed by atoms with van der Waals surface area (Å²) in [6.45, 7) is -0.782. The SMILES string of the molecule is COc1ccc(S(=O)(=O)N(CC(=O)Nc2cccc(C(F)(F)F)c2)Cc2ccccc2)cc1OC. The summed E-state index contributed by atoms with van der Waals surface area (Å²) >= 11 is 0. The number of amides is 1. The van der Waals surface area contributed by atoms with E-state index in [1.165, 1.54) is 38.5 Å². The molecule has 3 aromatic carbocycles. The average molecular weight is 509 g/mol. The molecule has 0 unspecified atom stereocenters. The Balaban J connectivity index is 1.91. The maximum absolute atomic E-state index is 13.5. The van der Waals surface area contributed by atoms with Crippen molar-refractivity contribution in [1.29, 1.82) is 0 Å². The van der Waals surface area contributed by atoms with E-state index in [-0.39, 0.29) is 22.9 Å². The van der Waals surface area contributed by atoms with E-state index >= 15 is 0 Å². The molecule has 0 saturated carbocycles. The van der Waals surface area contributed by atoms with Gasteiger partial charge in [0.2, 0.25) is 15.9 Å². The van der Waals surface area contributed by atoms with Gasteiger partial charge in [0.05, 0.1) is 31.2 Å². The van der Waals surface area contributed by atoms with Crippen LogP contribution in [0.2, 0.25) is 0 Å². The topological polar surface area (TPSA) is 84.9 Å². The predicted molar refractivity (Wildman–Crippen MR) is 124 cm³/mol. The molecule has 0 aliphatic carbocycles. The molecule has 11 heteroatoms. The summed E-state index contributed by atoms with van der Waals surface area (Å²) in [5.41, 5.74) is -0.425. The molecular weight excluding hydrogens is 485 g/mol. The zero-order valence-electron chi connectivity index (χ0n) is 18.9. The van der Waals surface area contributed by atoms with Crippen molar-refractivity contribution in [2.45, 2.75) is 17.6 Å². The number of sulfonamides is 1. The molecule has 1 N–H and O–H groups in total. The van der Waals surface area contributed by atoms with Gasteiger partial charge in [-0.15, -0.1) is 0 Å². The smallest absolute Gasteiger partial charge is 0.416 e. The number of ether oxygens (including phenoxy) is 2. The van der Waals surface area contributed by atoms with Gasteiger partial charge < -0.3 is 14.8 Å². The van der Waals surface area contributed by atoms with Crippen molar-refractivity contribution in [3.8, 4) is 11.5 Å². The Hall–Kier alpha value is -3.57. The molecule has 0 aliphatic heterocycles. The molecule has 0 spiro atoms. The van der Waals surface area contributed by atoms with Crippen LogP contribution in [0.3, 0.4) is 0 Å². The van der Waals surface area contributed by atoms with E-state index in [0.29, 0.717) is 11.3 Å². The highest BCUT2D eigenvalue weighted by atomic mass is 32.2. The molecule has 0 fully saturated rings. The van der Waals surface area contributed by atoms with Crippen LogP contribution in [0.15, 0.2) is 77.7 Å². The predicted octanol–water partition coefficient (Wildman–Crippen LogP) is 4.55. The summed E-state index contributed by atoms with van der Waals surface area (Å²) in [5.74, 6) is -0.297. The molecule has 0 radical (unpaired) electrons. The van der Waals surface area contributed by atoms with Gasteiger partial charge in [0.15, 0.2) is 11.5 Å². The second-order valence-corrected chi connectivity index (χ2v) is 9.34. The third-order valence-corrected chi connectivity index (χ3v) is 6.78. The van der Waals surface area contributed by atoms with Crippen molar-refractivity contribution < 1.29 is 35.9 Å². The van der Waals surface area contributed by atoms with Crippen molar-refractivity contribution in [3.63, 3.8) is 0 Å². The number of nitrogens with one attached hydrogen (secondary N) is 1. The van der Waals surface area contributed by atoms with Crippen molar-refractivity contribution in [1.82, 2.24) is 4.31 Å². The van der Waals surface area contributed by atoms with Crippen LogP contribution in [0.4, 0.5) is 18.9 Å². The van der Waals surface area contributed by atoms with Gasteiger partial charge in [-0.25, -0.2) is 8.42 Å². The molecule has 3 rings (SSSR count). The second kappa shape index (κ2) is 10.8. The monoisotopic (exact) mass is 508 g/mol. The van der Waals surface area contributed by atoms with Crippen LogP contribution < -0.4 is 14.8 Å². The molecule has 0 bridgehead atoms. The van der Waals surface area contributed by atoms with E-state index < -0.39 is 34.2 Å². The number of hydrogen-bond acceptors (Lipinski definition) is 5. The summed E-state index contributed by atoms with van der Waals surface area (Å²) in [6, 6.07) is 16.7. The van der Waals surface area contributed by atoms with Crippen LogP contribution >= 0.6 is 0 Å². The van der Waals surface area contributed by atoms with Crippen LogP contribution in [0.1, 0.15) is 11.1 Å². The zero-order chi connectivity index (χ0) is 25.6. The normalized spacial score (nSPS) is 11.8. The molecule has 0 heterocycles. The van der Waals surface area contributed by atoms with Crippen molar-refractivity contribution in [2.24, 2.45) is 0 Å². The first-order chi connectivity index (χ1) is 16.5. The lowest BCUT2D eigenvalue weighted by Crippen LogP contribution is -2.37. The molecule has 0 atom stereocenters. The lowest BCUT2D eigenvalue weighted by molar-refractivity contribution is -0.137. The van der Waals surface area contributed by atoms with Crippen molar-refractivity contribution >= 4 is 21.6 Å². The quantitative estimate of drug-likeness (QED) is 0.458. The van der Waals surface area contributed by atoms with E-state index in [4.69, 9.17) is 9.47 Å². The Labute approximate surface area is 201 Å². The summed E-state index contributed by atoms with van der Waals surface area (Å²) in [6.07, 6.45) is -4.59. The molecule has 0 aromatic heterocycles. The van der Waals surface area contributed by atoms with Gasteiger partial charge in [0.1, 0.15) is 0 Å².